The average molecular weight is 242 g/mol. The van der Waals surface area contributed by atoms with Crippen LogP contribution in [0.2, 0.25) is 5.02 Å². The zero-order valence-electron chi connectivity index (χ0n) is 9.50. The van der Waals surface area contributed by atoms with Crippen molar-refractivity contribution in [2.24, 2.45) is 0 Å². The van der Waals surface area contributed by atoms with Crippen LogP contribution in [0.3, 0.4) is 0 Å². The monoisotopic (exact) mass is 241 g/mol. The normalized spacial score (nSPS) is 12.2. The molecule has 0 saturated carbocycles. The van der Waals surface area contributed by atoms with Gasteiger partial charge in [-0.25, -0.2) is 0 Å². The number of rotatable bonds is 5. The Hall–Kier alpha value is -1.06. The number of carbonyl (C=O) groups is 1. The largest absolute Gasteiger partial charge is 0.468 e. The zero-order valence-corrected chi connectivity index (χ0v) is 10.3. The highest BCUT2D eigenvalue weighted by molar-refractivity contribution is 6.30. The van der Waals surface area contributed by atoms with Crippen LogP contribution >= 0.6 is 11.6 Å². The predicted molar refractivity (Wildman–Crippen MR) is 64.4 cm³/mol. The van der Waals surface area contributed by atoms with Crippen molar-refractivity contribution < 1.29 is 9.53 Å². The van der Waals surface area contributed by atoms with Gasteiger partial charge in [0.1, 0.15) is 6.04 Å². The Morgan fingerprint density at radius 3 is 2.56 bits per heavy atom. The molecule has 3 nitrogen and oxygen atoms in total. The minimum atomic E-state index is -0.249. The third-order valence-corrected chi connectivity index (χ3v) is 2.61. The summed E-state index contributed by atoms with van der Waals surface area (Å²) in [6, 6.07) is 7.27. The fourth-order valence-electron chi connectivity index (χ4n) is 1.38. The fourth-order valence-corrected chi connectivity index (χ4v) is 1.51. The number of halogens is 1. The van der Waals surface area contributed by atoms with Gasteiger partial charge in [-0.3, -0.25) is 4.79 Å². The van der Waals surface area contributed by atoms with Crippen LogP contribution < -0.4 is 5.32 Å². The summed E-state index contributed by atoms with van der Waals surface area (Å²) in [6.45, 7) is 2.57. The Balaban J connectivity index is 2.49. The second-order valence-corrected chi connectivity index (χ2v) is 3.93. The maximum absolute atomic E-state index is 11.3. The summed E-state index contributed by atoms with van der Waals surface area (Å²) < 4.78 is 4.69. The van der Waals surface area contributed by atoms with Gasteiger partial charge < -0.3 is 10.1 Å². The number of carbonyl (C=O) groups excluding carboxylic acids is 1. The molecule has 1 aromatic carbocycles. The van der Waals surface area contributed by atoms with Gasteiger partial charge >= 0.3 is 5.97 Å². The molecule has 0 aliphatic rings. The van der Waals surface area contributed by atoms with Gasteiger partial charge in [0, 0.05) is 11.6 Å². The van der Waals surface area contributed by atoms with Gasteiger partial charge in [-0.1, -0.05) is 30.7 Å². The number of hydrogen-bond donors (Lipinski definition) is 1. The number of nitrogens with one attached hydrogen (secondary N) is 1. The van der Waals surface area contributed by atoms with Crippen LogP contribution in [0.25, 0.3) is 0 Å². The van der Waals surface area contributed by atoms with Crippen molar-refractivity contribution in [2.45, 2.75) is 25.9 Å². The lowest BCUT2D eigenvalue weighted by molar-refractivity contribution is -0.143. The third kappa shape index (κ3) is 3.83. The predicted octanol–water partition coefficient (Wildman–Crippen LogP) is 2.38. The number of methoxy groups -OCH3 is 1. The van der Waals surface area contributed by atoms with E-state index in [0.29, 0.717) is 18.0 Å². The molecule has 0 heterocycles. The molecule has 0 spiro atoms. The lowest BCUT2D eigenvalue weighted by Gasteiger charge is -2.14. The molecular formula is C12H16ClNO2. The molecule has 0 aromatic heterocycles. The molecular weight excluding hydrogens is 226 g/mol. The first-order chi connectivity index (χ1) is 7.67. The zero-order chi connectivity index (χ0) is 12.0. The number of ether oxygens (including phenoxy) is 1. The van der Waals surface area contributed by atoms with Crippen molar-refractivity contribution in [3.63, 3.8) is 0 Å². The van der Waals surface area contributed by atoms with Crippen LogP contribution in [0.15, 0.2) is 24.3 Å². The first-order valence-electron chi connectivity index (χ1n) is 5.23. The molecule has 0 aliphatic heterocycles. The van der Waals surface area contributed by atoms with E-state index in [2.05, 4.69) is 10.1 Å². The molecule has 88 valence electrons. The van der Waals surface area contributed by atoms with E-state index in [1.54, 1.807) is 0 Å². The van der Waals surface area contributed by atoms with Crippen molar-refractivity contribution in [1.82, 2.24) is 5.32 Å². The molecule has 0 unspecified atom stereocenters. The van der Waals surface area contributed by atoms with Gasteiger partial charge in [-0.05, 0) is 24.1 Å². The van der Waals surface area contributed by atoms with E-state index in [1.807, 2.05) is 31.2 Å². The van der Waals surface area contributed by atoms with E-state index in [0.717, 1.165) is 5.56 Å². The standard InChI is InChI=1S/C12H16ClNO2/c1-3-11(12(15)16-2)14-8-9-4-6-10(13)7-5-9/h4-7,11,14H,3,8H2,1-2H3/t11-/m1/s1. The van der Waals surface area contributed by atoms with Crippen LogP contribution in [0.5, 0.6) is 0 Å². The molecule has 0 bridgehead atoms. The lowest BCUT2D eigenvalue weighted by atomic mass is 10.2. The van der Waals surface area contributed by atoms with Crippen LogP contribution in [0.1, 0.15) is 18.9 Å². The average Bonchev–Trinajstić information content (AvgIpc) is 2.31. The summed E-state index contributed by atoms with van der Waals surface area (Å²) >= 11 is 5.78. The second-order valence-electron chi connectivity index (χ2n) is 3.49. The molecule has 1 aromatic rings. The Labute approximate surface area is 101 Å². The van der Waals surface area contributed by atoms with Crippen molar-refractivity contribution in [3.8, 4) is 0 Å². The Kier molecular flexibility index (Phi) is 5.29. The molecule has 1 N–H and O–H groups in total. The van der Waals surface area contributed by atoms with E-state index in [1.165, 1.54) is 7.11 Å². The highest BCUT2D eigenvalue weighted by Gasteiger charge is 2.15. The highest BCUT2D eigenvalue weighted by atomic mass is 35.5. The van der Waals surface area contributed by atoms with E-state index < -0.39 is 0 Å². The summed E-state index contributed by atoms with van der Waals surface area (Å²) in [5.41, 5.74) is 1.09. The first kappa shape index (κ1) is 13.0. The van der Waals surface area contributed by atoms with Gasteiger partial charge in [0.25, 0.3) is 0 Å². The summed E-state index contributed by atoms with van der Waals surface area (Å²) in [5, 5.41) is 3.85. The SMILES string of the molecule is CC[C@@H](NCc1ccc(Cl)cc1)C(=O)OC. The summed E-state index contributed by atoms with van der Waals surface area (Å²) in [7, 11) is 1.40. The molecule has 0 radical (unpaired) electrons. The molecule has 0 saturated heterocycles. The number of benzene rings is 1. The van der Waals surface area contributed by atoms with Gasteiger partial charge in [0.2, 0.25) is 0 Å². The highest BCUT2D eigenvalue weighted by Crippen LogP contribution is 2.09. The minimum absolute atomic E-state index is 0.225. The molecule has 0 fully saturated rings. The molecule has 16 heavy (non-hydrogen) atoms. The third-order valence-electron chi connectivity index (χ3n) is 2.36. The molecule has 4 heteroatoms. The van der Waals surface area contributed by atoms with E-state index in [4.69, 9.17) is 11.6 Å². The topological polar surface area (TPSA) is 38.3 Å². The summed E-state index contributed by atoms with van der Waals surface area (Å²) in [5.74, 6) is -0.225. The van der Waals surface area contributed by atoms with Gasteiger partial charge in [0.15, 0.2) is 0 Å². The second kappa shape index (κ2) is 6.51. The number of esters is 1. The van der Waals surface area contributed by atoms with Gasteiger partial charge in [0.05, 0.1) is 7.11 Å². The fraction of sp³-hybridized carbons (Fsp3) is 0.417. The van der Waals surface area contributed by atoms with Crippen LogP contribution in [0, 0.1) is 0 Å². The van der Waals surface area contributed by atoms with Crippen LogP contribution in [0.4, 0.5) is 0 Å². The van der Waals surface area contributed by atoms with Crippen molar-refractivity contribution in [2.75, 3.05) is 7.11 Å². The van der Waals surface area contributed by atoms with Crippen molar-refractivity contribution in [3.05, 3.63) is 34.9 Å². The lowest BCUT2D eigenvalue weighted by Crippen LogP contribution is -2.36. The van der Waals surface area contributed by atoms with E-state index >= 15 is 0 Å². The molecule has 0 aliphatic carbocycles. The van der Waals surface area contributed by atoms with Crippen LogP contribution in [-0.4, -0.2) is 19.1 Å². The summed E-state index contributed by atoms with van der Waals surface area (Å²) in [6.07, 6.45) is 0.709. The van der Waals surface area contributed by atoms with Gasteiger partial charge in [-0.15, -0.1) is 0 Å². The minimum Gasteiger partial charge on any atom is -0.468 e. The maximum Gasteiger partial charge on any atom is 0.322 e. The Bertz CT molecular complexity index is 337. The number of hydrogen-bond acceptors (Lipinski definition) is 3. The van der Waals surface area contributed by atoms with E-state index in [9.17, 15) is 4.79 Å². The Morgan fingerprint density at radius 1 is 1.44 bits per heavy atom. The first-order valence-corrected chi connectivity index (χ1v) is 5.60. The molecule has 1 rings (SSSR count). The van der Waals surface area contributed by atoms with Crippen molar-refractivity contribution >= 4 is 17.6 Å². The van der Waals surface area contributed by atoms with Crippen LogP contribution in [-0.2, 0) is 16.1 Å². The smallest absolute Gasteiger partial charge is 0.322 e. The van der Waals surface area contributed by atoms with E-state index in [-0.39, 0.29) is 12.0 Å². The molecule has 0 amide bonds. The van der Waals surface area contributed by atoms with Gasteiger partial charge in [-0.2, -0.15) is 0 Å². The Morgan fingerprint density at radius 2 is 2.06 bits per heavy atom. The molecule has 1 atom stereocenters. The summed E-state index contributed by atoms with van der Waals surface area (Å²) in [4.78, 5) is 11.3. The maximum atomic E-state index is 11.3. The van der Waals surface area contributed by atoms with Crippen molar-refractivity contribution in [1.29, 1.82) is 0 Å². The quantitative estimate of drug-likeness (QED) is 0.805.